The fourth-order valence-corrected chi connectivity index (χ4v) is 2.18. The number of benzene rings is 2. The van der Waals surface area contributed by atoms with E-state index in [1.807, 2.05) is 55.5 Å². The van der Waals surface area contributed by atoms with E-state index in [9.17, 15) is 4.79 Å². The molecule has 1 atom stereocenters. The highest BCUT2D eigenvalue weighted by atomic mass is 16.5. The van der Waals surface area contributed by atoms with Gasteiger partial charge in [0.15, 0.2) is 0 Å². The summed E-state index contributed by atoms with van der Waals surface area (Å²) in [5.41, 5.74) is 7.92. The Hall–Kier alpha value is -2.53. The monoisotopic (exact) mass is 328 g/mol. The van der Waals surface area contributed by atoms with Crippen LogP contribution < -0.4 is 20.5 Å². The van der Waals surface area contributed by atoms with Crippen molar-refractivity contribution in [3.05, 3.63) is 59.7 Å². The molecule has 2 aromatic carbocycles. The van der Waals surface area contributed by atoms with Gasteiger partial charge in [0.25, 0.3) is 0 Å². The zero-order chi connectivity index (χ0) is 17.4. The zero-order valence-corrected chi connectivity index (χ0v) is 14.1. The predicted octanol–water partition coefficient (Wildman–Crippen LogP) is 2.59. The van der Waals surface area contributed by atoms with Crippen molar-refractivity contribution in [2.45, 2.75) is 19.4 Å². The lowest BCUT2D eigenvalue weighted by Gasteiger charge is -2.13. The Balaban J connectivity index is 1.67. The average Bonchev–Trinajstić information content (AvgIpc) is 2.62. The van der Waals surface area contributed by atoms with Gasteiger partial charge in [0.1, 0.15) is 17.5 Å². The molecule has 2 aromatic rings. The Morgan fingerprint density at radius 2 is 1.71 bits per heavy atom. The standard InChI is InChI=1S/C19H24N2O3/c1-14-4-6-15(7-5-14)18(20)19(22)21-12-3-13-24-17-10-8-16(23-2)9-11-17/h4-11,18H,3,12-13,20H2,1-2H3,(H,21,22). The number of nitrogens with one attached hydrogen (secondary N) is 1. The number of carbonyl (C=O) groups excluding carboxylic acids is 1. The van der Waals surface area contributed by atoms with Crippen molar-refractivity contribution in [3.8, 4) is 11.5 Å². The van der Waals surface area contributed by atoms with Crippen LogP contribution in [-0.2, 0) is 4.79 Å². The van der Waals surface area contributed by atoms with E-state index in [4.69, 9.17) is 15.2 Å². The number of rotatable bonds is 8. The first-order chi connectivity index (χ1) is 11.6. The molecule has 5 heteroatoms. The van der Waals surface area contributed by atoms with Crippen LogP contribution in [0.5, 0.6) is 11.5 Å². The topological polar surface area (TPSA) is 73.6 Å². The van der Waals surface area contributed by atoms with Crippen molar-refractivity contribution in [3.63, 3.8) is 0 Å². The number of nitrogens with two attached hydrogens (primary N) is 1. The van der Waals surface area contributed by atoms with Crippen LogP contribution in [0.15, 0.2) is 48.5 Å². The maximum absolute atomic E-state index is 12.0. The molecular formula is C19H24N2O3. The predicted molar refractivity (Wildman–Crippen MR) is 94.2 cm³/mol. The molecule has 3 N–H and O–H groups in total. The summed E-state index contributed by atoms with van der Waals surface area (Å²) in [5, 5.41) is 2.84. The summed E-state index contributed by atoms with van der Waals surface area (Å²) in [7, 11) is 1.62. The highest BCUT2D eigenvalue weighted by Gasteiger charge is 2.14. The second-order valence-corrected chi connectivity index (χ2v) is 5.56. The third-order valence-electron chi connectivity index (χ3n) is 3.67. The number of amides is 1. The Labute approximate surface area is 142 Å². The van der Waals surface area contributed by atoms with Gasteiger partial charge >= 0.3 is 0 Å². The van der Waals surface area contributed by atoms with Crippen LogP contribution >= 0.6 is 0 Å². The number of methoxy groups -OCH3 is 1. The lowest BCUT2D eigenvalue weighted by molar-refractivity contribution is -0.122. The SMILES string of the molecule is COc1ccc(OCCCNC(=O)C(N)c2ccc(C)cc2)cc1. The van der Waals surface area contributed by atoms with Crippen LogP contribution in [0.25, 0.3) is 0 Å². The van der Waals surface area contributed by atoms with E-state index < -0.39 is 6.04 Å². The molecule has 128 valence electrons. The minimum absolute atomic E-state index is 0.177. The molecule has 0 aliphatic carbocycles. The van der Waals surface area contributed by atoms with Gasteiger partial charge in [-0.15, -0.1) is 0 Å². The van der Waals surface area contributed by atoms with Crippen molar-refractivity contribution in [1.82, 2.24) is 5.32 Å². The van der Waals surface area contributed by atoms with Gasteiger partial charge in [-0.3, -0.25) is 4.79 Å². The summed E-state index contributed by atoms with van der Waals surface area (Å²) in [6.07, 6.45) is 0.707. The quantitative estimate of drug-likeness (QED) is 0.731. The zero-order valence-electron chi connectivity index (χ0n) is 14.1. The van der Waals surface area contributed by atoms with Gasteiger partial charge in [0.2, 0.25) is 5.91 Å². The maximum Gasteiger partial charge on any atom is 0.241 e. The molecule has 0 saturated heterocycles. The fraction of sp³-hybridized carbons (Fsp3) is 0.316. The smallest absolute Gasteiger partial charge is 0.241 e. The minimum atomic E-state index is -0.645. The molecule has 0 saturated carbocycles. The van der Waals surface area contributed by atoms with Crippen LogP contribution in [0.3, 0.4) is 0 Å². The molecule has 0 radical (unpaired) electrons. The summed E-state index contributed by atoms with van der Waals surface area (Å²) in [5.74, 6) is 1.39. The first kappa shape index (κ1) is 17.8. The van der Waals surface area contributed by atoms with Crippen molar-refractivity contribution < 1.29 is 14.3 Å². The Bertz CT molecular complexity index is 639. The Morgan fingerprint density at radius 3 is 2.33 bits per heavy atom. The van der Waals surface area contributed by atoms with Crippen molar-refractivity contribution in [2.75, 3.05) is 20.3 Å². The second kappa shape index (κ2) is 8.93. The molecule has 24 heavy (non-hydrogen) atoms. The summed E-state index contributed by atoms with van der Waals surface area (Å²) in [4.78, 5) is 12.0. The average molecular weight is 328 g/mol. The number of carbonyl (C=O) groups is 1. The van der Waals surface area contributed by atoms with Gasteiger partial charge in [0.05, 0.1) is 13.7 Å². The molecule has 0 fully saturated rings. The van der Waals surface area contributed by atoms with E-state index in [1.165, 1.54) is 0 Å². The van der Waals surface area contributed by atoms with E-state index in [1.54, 1.807) is 7.11 Å². The summed E-state index contributed by atoms with van der Waals surface area (Å²) in [6.45, 7) is 3.04. The largest absolute Gasteiger partial charge is 0.497 e. The first-order valence-corrected chi connectivity index (χ1v) is 7.97. The minimum Gasteiger partial charge on any atom is -0.497 e. The van der Waals surface area contributed by atoms with E-state index in [0.717, 1.165) is 22.6 Å². The van der Waals surface area contributed by atoms with Crippen LogP contribution in [0.1, 0.15) is 23.6 Å². The van der Waals surface area contributed by atoms with Crippen LogP contribution in [0.2, 0.25) is 0 Å². The number of hydrogen-bond donors (Lipinski definition) is 2. The molecule has 0 spiro atoms. The third kappa shape index (κ3) is 5.28. The normalized spacial score (nSPS) is 11.6. The van der Waals surface area contributed by atoms with Gasteiger partial charge < -0.3 is 20.5 Å². The van der Waals surface area contributed by atoms with Crippen LogP contribution in [0, 0.1) is 6.92 Å². The van der Waals surface area contributed by atoms with Gasteiger partial charge in [0, 0.05) is 6.54 Å². The highest BCUT2D eigenvalue weighted by Crippen LogP contribution is 2.17. The molecular weight excluding hydrogens is 304 g/mol. The molecule has 0 bridgehead atoms. The third-order valence-corrected chi connectivity index (χ3v) is 3.67. The van der Waals surface area contributed by atoms with E-state index in [2.05, 4.69) is 5.32 Å². The Morgan fingerprint density at radius 1 is 1.08 bits per heavy atom. The Kier molecular flexibility index (Phi) is 6.63. The van der Waals surface area contributed by atoms with Gasteiger partial charge in [-0.1, -0.05) is 29.8 Å². The second-order valence-electron chi connectivity index (χ2n) is 5.56. The number of hydrogen-bond acceptors (Lipinski definition) is 4. The fourth-order valence-electron chi connectivity index (χ4n) is 2.18. The molecule has 0 heterocycles. The van der Waals surface area contributed by atoms with Crippen molar-refractivity contribution in [2.24, 2.45) is 5.73 Å². The molecule has 2 rings (SSSR count). The van der Waals surface area contributed by atoms with E-state index in [0.29, 0.717) is 19.6 Å². The molecule has 5 nitrogen and oxygen atoms in total. The van der Waals surface area contributed by atoms with Gasteiger partial charge in [-0.05, 0) is 43.2 Å². The first-order valence-electron chi connectivity index (χ1n) is 7.97. The molecule has 1 amide bonds. The maximum atomic E-state index is 12.0. The molecule has 0 aliphatic rings. The van der Waals surface area contributed by atoms with E-state index >= 15 is 0 Å². The lowest BCUT2D eigenvalue weighted by Crippen LogP contribution is -2.35. The van der Waals surface area contributed by atoms with Gasteiger partial charge in [-0.25, -0.2) is 0 Å². The van der Waals surface area contributed by atoms with Crippen molar-refractivity contribution in [1.29, 1.82) is 0 Å². The lowest BCUT2D eigenvalue weighted by atomic mass is 10.1. The molecule has 0 aromatic heterocycles. The number of aryl methyl sites for hydroxylation is 1. The summed E-state index contributed by atoms with van der Waals surface area (Å²) < 4.78 is 10.7. The van der Waals surface area contributed by atoms with Crippen molar-refractivity contribution >= 4 is 5.91 Å². The summed E-state index contributed by atoms with van der Waals surface area (Å²) in [6, 6.07) is 14.4. The van der Waals surface area contributed by atoms with E-state index in [-0.39, 0.29) is 5.91 Å². The van der Waals surface area contributed by atoms with Gasteiger partial charge in [-0.2, -0.15) is 0 Å². The summed E-state index contributed by atoms with van der Waals surface area (Å²) >= 11 is 0. The van der Waals surface area contributed by atoms with Crippen LogP contribution in [-0.4, -0.2) is 26.2 Å². The van der Waals surface area contributed by atoms with Crippen LogP contribution in [0.4, 0.5) is 0 Å². The molecule has 0 aliphatic heterocycles. The molecule has 1 unspecified atom stereocenters. The number of ether oxygens (including phenoxy) is 2. The highest BCUT2D eigenvalue weighted by molar-refractivity contribution is 5.82.